The summed E-state index contributed by atoms with van der Waals surface area (Å²) in [6, 6.07) is 11.0. The summed E-state index contributed by atoms with van der Waals surface area (Å²) in [6.07, 6.45) is 3.05. The van der Waals surface area contributed by atoms with E-state index in [1.54, 1.807) is 13.0 Å². The topological polar surface area (TPSA) is 34.4 Å². The first-order chi connectivity index (χ1) is 13.7. The minimum Gasteiger partial charge on any atom is -0.507 e. The summed E-state index contributed by atoms with van der Waals surface area (Å²) in [5, 5.41) is 11.8. The second-order valence-electron chi connectivity index (χ2n) is 9.68. The van der Waals surface area contributed by atoms with Gasteiger partial charge in [0.25, 0.3) is 0 Å². The van der Waals surface area contributed by atoms with E-state index in [1.165, 1.54) is 11.8 Å². The molecular weight excluding hydrogens is 365 g/mol. The molecule has 3 nitrogen and oxygen atoms in total. The van der Waals surface area contributed by atoms with E-state index in [0.29, 0.717) is 18.1 Å². The molecule has 29 heavy (non-hydrogen) atoms. The highest BCUT2D eigenvalue weighted by molar-refractivity contribution is 5.94. The summed E-state index contributed by atoms with van der Waals surface area (Å²) in [5.74, 6) is 0.670. The second-order valence-corrected chi connectivity index (χ2v) is 9.68. The lowest BCUT2D eigenvalue weighted by atomic mass is 9.76. The molecule has 1 N–H and O–H groups in total. The molecule has 2 aliphatic rings. The van der Waals surface area contributed by atoms with Gasteiger partial charge in [-0.1, -0.05) is 26.8 Å². The minimum atomic E-state index is -0.359. The predicted molar refractivity (Wildman–Crippen MR) is 113 cm³/mol. The van der Waals surface area contributed by atoms with Crippen LogP contribution in [0.2, 0.25) is 0 Å². The fraction of sp³-hybridized carbons (Fsp3) is 0.440. The smallest absolute Gasteiger partial charge is 0.126 e. The maximum Gasteiger partial charge on any atom is 0.126 e. The monoisotopic (exact) mass is 393 g/mol. The van der Waals surface area contributed by atoms with E-state index in [2.05, 4.69) is 25.3 Å². The molecule has 5 rings (SSSR count). The molecule has 0 unspecified atom stereocenters. The van der Waals surface area contributed by atoms with E-state index in [1.807, 2.05) is 24.3 Å². The van der Waals surface area contributed by atoms with Gasteiger partial charge in [0, 0.05) is 27.7 Å². The van der Waals surface area contributed by atoms with Gasteiger partial charge in [0.2, 0.25) is 0 Å². The fourth-order valence-corrected chi connectivity index (χ4v) is 5.51. The largest absolute Gasteiger partial charge is 0.507 e. The molecule has 1 aliphatic carbocycles. The first kappa shape index (κ1) is 18.7. The molecule has 2 aromatic carbocycles. The van der Waals surface area contributed by atoms with E-state index in [4.69, 9.17) is 4.74 Å². The van der Waals surface area contributed by atoms with Crippen LogP contribution in [-0.4, -0.2) is 16.3 Å². The van der Waals surface area contributed by atoms with Crippen LogP contribution in [-0.2, 0) is 15.8 Å². The number of phenolic OH excluding ortho intramolecular Hbond substituents is 1. The molecule has 4 heteroatoms. The van der Waals surface area contributed by atoms with Crippen molar-refractivity contribution in [3.63, 3.8) is 0 Å². The number of halogens is 1. The number of phenols is 1. The molecule has 2 atom stereocenters. The van der Waals surface area contributed by atoms with Gasteiger partial charge < -0.3 is 14.4 Å². The quantitative estimate of drug-likeness (QED) is 0.541. The molecule has 1 aliphatic heterocycles. The third-order valence-electron chi connectivity index (χ3n) is 6.90. The Morgan fingerprint density at radius 1 is 1.21 bits per heavy atom. The highest BCUT2D eigenvalue weighted by atomic mass is 19.1. The molecule has 0 amide bonds. The number of ether oxygens (including phenoxy) is 1. The fourth-order valence-electron chi connectivity index (χ4n) is 5.51. The number of aryl methyl sites for hydroxylation is 1. The Labute approximate surface area is 171 Å². The summed E-state index contributed by atoms with van der Waals surface area (Å²) in [4.78, 5) is 0. The Bertz CT molecular complexity index is 1130. The number of aromatic nitrogens is 1. The highest BCUT2D eigenvalue weighted by Crippen LogP contribution is 2.56. The van der Waals surface area contributed by atoms with Crippen LogP contribution < -0.4 is 0 Å². The molecule has 2 heterocycles. The van der Waals surface area contributed by atoms with Gasteiger partial charge in [0.1, 0.15) is 11.6 Å². The highest BCUT2D eigenvalue weighted by Gasteiger charge is 2.51. The van der Waals surface area contributed by atoms with E-state index in [-0.39, 0.29) is 22.6 Å². The molecule has 1 fully saturated rings. The molecule has 0 bridgehead atoms. The van der Waals surface area contributed by atoms with E-state index < -0.39 is 0 Å². The van der Waals surface area contributed by atoms with Crippen LogP contribution in [0.3, 0.4) is 0 Å². The van der Waals surface area contributed by atoms with Gasteiger partial charge in [0.05, 0.1) is 17.7 Å². The summed E-state index contributed by atoms with van der Waals surface area (Å²) < 4.78 is 22.9. The Morgan fingerprint density at radius 2 is 2.00 bits per heavy atom. The zero-order valence-corrected chi connectivity index (χ0v) is 17.6. The van der Waals surface area contributed by atoms with Crippen molar-refractivity contribution in [1.82, 2.24) is 4.57 Å². The van der Waals surface area contributed by atoms with Gasteiger partial charge in [-0.05, 0) is 68.0 Å². The second kappa shape index (κ2) is 6.09. The van der Waals surface area contributed by atoms with Crippen LogP contribution in [0.4, 0.5) is 4.39 Å². The lowest BCUT2D eigenvalue weighted by Gasteiger charge is -2.43. The van der Waals surface area contributed by atoms with Crippen LogP contribution in [0.15, 0.2) is 36.4 Å². The Kier molecular flexibility index (Phi) is 3.92. The molecule has 3 aromatic rings. The average Bonchev–Trinajstić information content (AvgIpc) is 3.22. The number of fused-ring (bicyclic) bond motifs is 4. The molecule has 152 valence electrons. The van der Waals surface area contributed by atoms with Crippen LogP contribution >= 0.6 is 0 Å². The van der Waals surface area contributed by atoms with Gasteiger partial charge in [0.15, 0.2) is 0 Å². The Hall–Kier alpha value is -2.33. The number of nitrogens with zero attached hydrogens (tertiary/aromatic N) is 1. The van der Waals surface area contributed by atoms with Gasteiger partial charge in [-0.15, -0.1) is 0 Å². The zero-order valence-electron chi connectivity index (χ0n) is 17.6. The predicted octanol–water partition coefficient (Wildman–Crippen LogP) is 6.11. The van der Waals surface area contributed by atoms with E-state index in [0.717, 1.165) is 41.4 Å². The van der Waals surface area contributed by atoms with Gasteiger partial charge in [-0.25, -0.2) is 4.39 Å². The summed E-state index contributed by atoms with van der Waals surface area (Å²) in [7, 11) is 0. The van der Waals surface area contributed by atoms with Crippen molar-refractivity contribution in [3.8, 4) is 11.4 Å². The lowest BCUT2D eigenvalue weighted by molar-refractivity contribution is -0.0819. The van der Waals surface area contributed by atoms with Gasteiger partial charge in [-0.3, -0.25) is 0 Å². The first-order valence-corrected chi connectivity index (χ1v) is 10.5. The van der Waals surface area contributed by atoms with Crippen LogP contribution in [0, 0.1) is 18.7 Å². The SMILES string of the molecule is Cc1cc(-n2c3c(c4c(O)cccc42)[C@@]2(CC[C@H](C)C2)OCC3(C)C)ccc1F. The summed E-state index contributed by atoms with van der Waals surface area (Å²) in [6.45, 7) is 9.09. The molecule has 0 radical (unpaired) electrons. The molecule has 1 spiro atoms. The summed E-state index contributed by atoms with van der Waals surface area (Å²) in [5.41, 5.74) is 4.22. The van der Waals surface area contributed by atoms with E-state index >= 15 is 0 Å². The standard InChI is InChI=1S/C25H28FNO2/c1-15-10-11-25(13-15)22-21-19(6-5-7-20(21)28)27(23(22)24(3,4)14-29-25)17-8-9-18(26)16(2)12-17/h5-9,12,15,28H,10-11,13-14H2,1-4H3/t15-,25-/m0/s1. The van der Waals surface area contributed by atoms with Crippen molar-refractivity contribution in [2.45, 2.75) is 58.0 Å². The number of aromatic hydroxyl groups is 1. The Morgan fingerprint density at radius 3 is 2.69 bits per heavy atom. The third-order valence-corrected chi connectivity index (χ3v) is 6.90. The van der Waals surface area contributed by atoms with Crippen molar-refractivity contribution in [3.05, 3.63) is 59.0 Å². The van der Waals surface area contributed by atoms with Crippen LogP contribution in [0.5, 0.6) is 5.75 Å². The molecule has 1 saturated carbocycles. The summed E-state index contributed by atoms with van der Waals surface area (Å²) >= 11 is 0. The molecule has 0 saturated heterocycles. The number of benzene rings is 2. The maximum atomic E-state index is 14.0. The Balaban J connectivity index is 1.93. The van der Waals surface area contributed by atoms with E-state index in [9.17, 15) is 9.50 Å². The number of hydrogen-bond donors (Lipinski definition) is 1. The van der Waals surface area contributed by atoms with Crippen molar-refractivity contribution in [1.29, 1.82) is 0 Å². The van der Waals surface area contributed by atoms with Gasteiger partial charge in [-0.2, -0.15) is 0 Å². The molecule has 1 aromatic heterocycles. The molecular formula is C25H28FNO2. The van der Waals surface area contributed by atoms with Crippen LogP contribution in [0.25, 0.3) is 16.6 Å². The number of rotatable bonds is 1. The normalized spacial score (nSPS) is 25.6. The minimum absolute atomic E-state index is 0.203. The van der Waals surface area contributed by atoms with Crippen molar-refractivity contribution < 1.29 is 14.2 Å². The number of hydrogen-bond acceptors (Lipinski definition) is 2. The average molecular weight is 394 g/mol. The third kappa shape index (κ3) is 2.58. The lowest BCUT2D eigenvalue weighted by Crippen LogP contribution is -2.42. The maximum absolute atomic E-state index is 14.0. The first-order valence-electron chi connectivity index (χ1n) is 10.5. The van der Waals surface area contributed by atoms with Crippen LogP contribution in [0.1, 0.15) is 56.9 Å². The van der Waals surface area contributed by atoms with Gasteiger partial charge >= 0.3 is 0 Å². The van der Waals surface area contributed by atoms with Crippen molar-refractivity contribution in [2.24, 2.45) is 5.92 Å². The zero-order chi connectivity index (χ0) is 20.6. The van der Waals surface area contributed by atoms with Crippen molar-refractivity contribution >= 4 is 10.9 Å². The van der Waals surface area contributed by atoms with Crippen molar-refractivity contribution in [2.75, 3.05) is 6.61 Å².